The predicted octanol–water partition coefficient (Wildman–Crippen LogP) is 2.07. The molecule has 150 valence electrons. The number of nitrogens with one attached hydrogen (secondary N) is 3. The van der Waals surface area contributed by atoms with Crippen LogP contribution in [0.25, 0.3) is 0 Å². The molecule has 0 spiro atoms. The molecule has 0 saturated carbocycles. The number of guanidine groups is 1. The van der Waals surface area contributed by atoms with Gasteiger partial charge in [0.1, 0.15) is 16.5 Å². The average molecular weight is 414 g/mol. The molecular formula is C17H27N5O3S2. The summed E-state index contributed by atoms with van der Waals surface area (Å²) >= 11 is 1.19. The average Bonchev–Trinajstić information content (AvgIpc) is 3.27. The smallest absolute Gasteiger partial charge is 0.250 e. The summed E-state index contributed by atoms with van der Waals surface area (Å²) in [6.07, 6.45) is 1.73. The van der Waals surface area contributed by atoms with Crippen LogP contribution in [-0.2, 0) is 22.0 Å². The number of aliphatic imine (C=N–C) groups is 1. The molecule has 0 aromatic carbocycles. The van der Waals surface area contributed by atoms with Crippen LogP contribution in [0.5, 0.6) is 0 Å². The number of sulfonamides is 1. The second-order valence-corrected chi connectivity index (χ2v) is 9.76. The van der Waals surface area contributed by atoms with Gasteiger partial charge in [-0.2, -0.15) is 0 Å². The van der Waals surface area contributed by atoms with Crippen molar-refractivity contribution in [3.05, 3.63) is 35.4 Å². The standard InChI is InChI=1S/C17H27N5O3S2/c1-5-18-16(21-12-14-20-11-13(25-14)17(2,3)4)19-8-9-22-27(23,24)15-7-6-10-26-15/h6-7,10-11,22H,5,8-9,12H2,1-4H3,(H2,18,19,21). The van der Waals surface area contributed by atoms with E-state index < -0.39 is 10.0 Å². The largest absolute Gasteiger partial charge is 0.443 e. The van der Waals surface area contributed by atoms with E-state index >= 15 is 0 Å². The molecule has 2 heterocycles. The second-order valence-electron chi connectivity index (χ2n) is 6.82. The summed E-state index contributed by atoms with van der Waals surface area (Å²) in [5.41, 5.74) is -0.0998. The Labute approximate surface area is 164 Å². The summed E-state index contributed by atoms with van der Waals surface area (Å²) in [6.45, 7) is 9.76. The molecule has 0 aliphatic heterocycles. The van der Waals surface area contributed by atoms with Gasteiger partial charge in [-0.3, -0.25) is 0 Å². The fourth-order valence-corrected chi connectivity index (χ4v) is 4.14. The van der Waals surface area contributed by atoms with Crippen LogP contribution in [0, 0.1) is 0 Å². The van der Waals surface area contributed by atoms with Gasteiger partial charge >= 0.3 is 0 Å². The molecule has 0 fully saturated rings. The maximum absolute atomic E-state index is 12.1. The summed E-state index contributed by atoms with van der Waals surface area (Å²) in [7, 11) is -3.45. The number of rotatable bonds is 8. The van der Waals surface area contributed by atoms with E-state index in [0.717, 1.165) is 5.76 Å². The topological polar surface area (TPSA) is 109 Å². The van der Waals surface area contributed by atoms with Crippen molar-refractivity contribution >= 4 is 27.3 Å². The third kappa shape index (κ3) is 6.64. The molecule has 0 unspecified atom stereocenters. The molecule has 0 radical (unpaired) electrons. The first-order valence-corrected chi connectivity index (χ1v) is 11.1. The van der Waals surface area contributed by atoms with Crippen molar-refractivity contribution in [1.82, 2.24) is 20.3 Å². The predicted molar refractivity (Wildman–Crippen MR) is 108 cm³/mol. The molecule has 10 heteroatoms. The Morgan fingerprint density at radius 1 is 1.30 bits per heavy atom. The van der Waals surface area contributed by atoms with E-state index in [2.05, 4.69) is 46.1 Å². The number of thiophene rings is 1. The Bertz CT molecular complexity index is 836. The van der Waals surface area contributed by atoms with Crippen molar-refractivity contribution in [2.45, 2.75) is 43.9 Å². The first-order valence-electron chi connectivity index (χ1n) is 8.73. The van der Waals surface area contributed by atoms with Gasteiger partial charge in [0.15, 0.2) is 5.96 Å². The molecule has 2 aromatic rings. The van der Waals surface area contributed by atoms with Gasteiger partial charge < -0.3 is 15.1 Å². The third-order valence-electron chi connectivity index (χ3n) is 3.48. The SMILES string of the molecule is CCNC(=NCc1ncc(C(C)(C)C)o1)NCCNS(=O)(=O)c1cccs1. The lowest BCUT2D eigenvalue weighted by Crippen LogP contribution is -2.41. The van der Waals surface area contributed by atoms with E-state index in [4.69, 9.17) is 4.42 Å². The fourth-order valence-electron chi connectivity index (χ4n) is 2.07. The highest BCUT2D eigenvalue weighted by molar-refractivity contribution is 7.91. The van der Waals surface area contributed by atoms with E-state index in [9.17, 15) is 8.42 Å². The van der Waals surface area contributed by atoms with Crippen LogP contribution in [0.4, 0.5) is 0 Å². The summed E-state index contributed by atoms with van der Waals surface area (Å²) in [6, 6.07) is 3.29. The Hall–Kier alpha value is -1.91. The Morgan fingerprint density at radius 2 is 2.07 bits per heavy atom. The second kappa shape index (κ2) is 9.34. The molecule has 0 aliphatic carbocycles. The Balaban J connectivity index is 1.86. The maximum atomic E-state index is 12.1. The lowest BCUT2D eigenvalue weighted by Gasteiger charge is -2.13. The fraction of sp³-hybridized carbons (Fsp3) is 0.529. The molecule has 27 heavy (non-hydrogen) atoms. The molecule has 2 aromatic heterocycles. The van der Waals surface area contributed by atoms with Gasteiger partial charge in [-0.1, -0.05) is 26.8 Å². The van der Waals surface area contributed by atoms with Gasteiger partial charge in [-0.15, -0.1) is 11.3 Å². The van der Waals surface area contributed by atoms with Gasteiger partial charge in [0.05, 0.1) is 6.20 Å². The van der Waals surface area contributed by atoms with Crippen molar-refractivity contribution in [3.63, 3.8) is 0 Å². The summed E-state index contributed by atoms with van der Waals surface area (Å²) in [5.74, 6) is 1.92. The van der Waals surface area contributed by atoms with Crippen molar-refractivity contribution < 1.29 is 12.8 Å². The zero-order chi connectivity index (χ0) is 19.9. The number of hydrogen-bond donors (Lipinski definition) is 3. The van der Waals surface area contributed by atoms with Crippen LogP contribution >= 0.6 is 11.3 Å². The van der Waals surface area contributed by atoms with Crippen LogP contribution < -0.4 is 15.4 Å². The zero-order valence-corrected chi connectivity index (χ0v) is 17.7. The van der Waals surface area contributed by atoms with E-state index in [1.165, 1.54) is 11.3 Å². The monoisotopic (exact) mass is 413 g/mol. The Morgan fingerprint density at radius 3 is 2.67 bits per heavy atom. The summed E-state index contributed by atoms with van der Waals surface area (Å²) < 4.78 is 32.7. The first-order chi connectivity index (χ1) is 12.7. The van der Waals surface area contributed by atoms with Gasteiger partial charge in [0, 0.05) is 25.0 Å². The minimum atomic E-state index is -3.45. The van der Waals surface area contributed by atoms with E-state index in [1.54, 1.807) is 23.7 Å². The van der Waals surface area contributed by atoms with Gasteiger partial charge in [-0.25, -0.2) is 23.1 Å². The zero-order valence-electron chi connectivity index (χ0n) is 16.1. The Kier molecular flexibility index (Phi) is 7.40. The number of oxazole rings is 1. The lowest BCUT2D eigenvalue weighted by atomic mass is 9.94. The molecule has 0 amide bonds. The van der Waals surface area contributed by atoms with Gasteiger partial charge in [0.25, 0.3) is 0 Å². The van der Waals surface area contributed by atoms with E-state index in [0.29, 0.717) is 35.7 Å². The summed E-state index contributed by atoms with van der Waals surface area (Å²) in [4.78, 5) is 8.68. The minimum absolute atomic E-state index is 0.0998. The van der Waals surface area contributed by atoms with Crippen molar-refractivity contribution in [2.24, 2.45) is 4.99 Å². The van der Waals surface area contributed by atoms with Crippen LogP contribution in [0.3, 0.4) is 0 Å². The molecule has 3 N–H and O–H groups in total. The molecule has 0 atom stereocenters. The number of aromatic nitrogens is 1. The van der Waals surface area contributed by atoms with Crippen LogP contribution in [-0.4, -0.2) is 39.0 Å². The van der Waals surface area contributed by atoms with Gasteiger partial charge in [0.2, 0.25) is 15.9 Å². The summed E-state index contributed by atoms with van der Waals surface area (Å²) in [5, 5.41) is 7.93. The molecular weight excluding hydrogens is 386 g/mol. The van der Waals surface area contributed by atoms with E-state index in [-0.39, 0.29) is 12.0 Å². The van der Waals surface area contributed by atoms with Crippen molar-refractivity contribution in [2.75, 3.05) is 19.6 Å². The third-order valence-corrected chi connectivity index (χ3v) is 6.34. The molecule has 0 aliphatic rings. The minimum Gasteiger partial charge on any atom is -0.443 e. The van der Waals surface area contributed by atoms with Crippen molar-refractivity contribution in [3.8, 4) is 0 Å². The lowest BCUT2D eigenvalue weighted by molar-refractivity contribution is 0.383. The number of hydrogen-bond acceptors (Lipinski definition) is 6. The van der Waals surface area contributed by atoms with E-state index in [1.807, 2.05) is 6.92 Å². The van der Waals surface area contributed by atoms with Crippen LogP contribution in [0.2, 0.25) is 0 Å². The molecule has 0 bridgehead atoms. The van der Waals surface area contributed by atoms with Gasteiger partial charge in [-0.05, 0) is 18.4 Å². The quantitative estimate of drug-likeness (QED) is 0.347. The maximum Gasteiger partial charge on any atom is 0.250 e. The molecule has 0 saturated heterocycles. The van der Waals surface area contributed by atoms with Crippen LogP contribution in [0.1, 0.15) is 39.3 Å². The van der Waals surface area contributed by atoms with Crippen LogP contribution in [0.15, 0.2) is 37.3 Å². The highest BCUT2D eigenvalue weighted by Crippen LogP contribution is 2.22. The highest BCUT2D eigenvalue weighted by atomic mass is 32.2. The number of nitrogens with zero attached hydrogens (tertiary/aromatic N) is 2. The molecule has 2 rings (SSSR count). The van der Waals surface area contributed by atoms with Crippen molar-refractivity contribution in [1.29, 1.82) is 0 Å². The normalized spacial score (nSPS) is 13.0. The first kappa shape index (κ1) is 21.4. The highest BCUT2D eigenvalue weighted by Gasteiger charge is 2.19. The molecule has 8 nitrogen and oxygen atoms in total.